The van der Waals surface area contributed by atoms with Crippen molar-refractivity contribution in [3.8, 4) is 0 Å². The molecule has 94 valence electrons. The van der Waals surface area contributed by atoms with Gasteiger partial charge in [-0.2, -0.15) is 11.8 Å². The molecule has 1 aromatic rings. The van der Waals surface area contributed by atoms with Gasteiger partial charge in [-0.15, -0.1) is 0 Å². The molecule has 1 aliphatic heterocycles. The number of nitrogens with two attached hydrogens (primary N) is 1. The van der Waals surface area contributed by atoms with Crippen LogP contribution in [0.2, 0.25) is 0 Å². The van der Waals surface area contributed by atoms with Crippen molar-refractivity contribution in [2.75, 3.05) is 24.6 Å². The molecule has 0 aromatic heterocycles. The van der Waals surface area contributed by atoms with Crippen LogP contribution in [0.1, 0.15) is 19.4 Å². The maximum atomic E-state index is 6.48. The van der Waals surface area contributed by atoms with Gasteiger partial charge in [-0.1, -0.05) is 30.3 Å². The van der Waals surface area contributed by atoms with Crippen molar-refractivity contribution < 1.29 is 0 Å². The van der Waals surface area contributed by atoms with Crippen LogP contribution in [0.4, 0.5) is 0 Å². The first-order valence-electron chi connectivity index (χ1n) is 6.26. The monoisotopic (exact) mass is 250 g/mol. The number of thioether (sulfide) groups is 1. The van der Waals surface area contributed by atoms with Crippen LogP contribution in [0.15, 0.2) is 30.3 Å². The Morgan fingerprint density at radius 1 is 1.41 bits per heavy atom. The highest BCUT2D eigenvalue weighted by Gasteiger charge is 2.28. The van der Waals surface area contributed by atoms with E-state index in [0.717, 1.165) is 13.1 Å². The van der Waals surface area contributed by atoms with Crippen LogP contribution in [0.3, 0.4) is 0 Å². The van der Waals surface area contributed by atoms with Gasteiger partial charge in [-0.05, 0) is 19.4 Å². The number of hydrogen-bond donors (Lipinski definition) is 1. The average Bonchev–Trinajstić information content (AvgIpc) is 2.33. The molecule has 3 heteroatoms. The summed E-state index contributed by atoms with van der Waals surface area (Å²) in [5, 5.41) is 0. The van der Waals surface area contributed by atoms with Crippen LogP contribution in [-0.4, -0.2) is 35.5 Å². The predicted octanol–water partition coefficient (Wildman–Crippen LogP) is 2.30. The Morgan fingerprint density at radius 2 is 2.12 bits per heavy atom. The fourth-order valence-electron chi connectivity index (χ4n) is 2.33. The molecule has 1 aromatic carbocycles. The lowest BCUT2D eigenvalue weighted by atomic mass is 9.92. The highest BCUT2D eigenvalue weighted by atomic mass is 32.2. The summed E-state index contributed by atoms with van der Waals surface area (Å²) in [5.41, 5.74) is 7.46. The summed E-state index contributed by atoms with van der Waals surface area (Å²) in [4.78, 5) is 2.52. The van der Waals surface area contributed by atoms with Gasteiger partial charge in [-0.25, -0.2) is 0 Å². The molecule has 1 aliphatic rings. The van der Waals surface area contributed by atoms with Gasteiger partial charge in [0.1, 0.15) is 0 Å². The Labute approximate surface area is 109 Å². The molecule has 0 bridgehead atoms. The lowest BCUT2D eigenvalue weighted by Gasteiger charge is -2.39. The Kier molecular flexibility index (Phi) is 4.13. The van der Waals surface area contributed by atoms with E-state index in [9.17, 15) is 0 Å². The van der Waals surface area contributed by atoms with Gasteiger partial charge in [0, 0.05) is 30.6 Å². The molecule has 0 saturated carbocycles. The average molecular weight is 250 g/mol. The summed E-state index contributed by atoms with van der Waals surface area (Å²) in [6, 6.07) is 11.1. The van der Waals surface area contributed by atoms with E-state index in [4.69, 9.17) is 5.73 Å². The number of hydrogen-bond acceptors (Lipinski definition) is 3. The second-order valence-corrected chi connectivity index (χ2v) is 6.33. The summed E-state index contributed by atoms with van der Waals surface area (Å²) in [6.07, 6.45) is 0. The van der Waals surface area contributed by atoms with Gasteiger partial charge >= 0.3 is 0 Å². The van der Waals surface area contributed by atoms with E-state index in [0.29, 0.717) is 6.04 Å². The van der Waals surface area contributed by atoms with E-state index in [1.807, 2.05) is 17.8 Å². The van der Waals surface area contributed by atoms with Gasteiger partial charge in [0.25, 0.3) is 0 Å². The molecule has 0 spiro atoms. The largest absolute Gasteiger partial charge is 0.321 e. The molecule has 2 nitrogen and oxygen atoms in total. The third kappa shape index (κ3) is 3.24. The van der Waals surface area contributed by atoms with Crippen LogP contribution < -0.4 is 5.73 Å². The fraction of sp³-hybridized carbons (Fsp3) is 0.571. The molecule has 2 rings (SSSR count). The van der Waals surface area contributed by atoms with Gasteiger partial charge in [0.15, 0.2) is 0 Å². The maximum Gasteiger partial charge on any atom is 0.0510 e. The normalized spacial score (nSPS) is 25.5. The molecule has 0 amide bonds. The van der Waals surface area contributed by atoms with E-state index >= 15 is 0 Å². The SMILES string of the molecule is CC1CSCCN1CC(C)(N)c1ccccc1. The number of rotatable bonds is 3. The summed E-state index contributed by atoms with van der Waals surface area (Å²) in [6.45, 7) is 6.54. The first-order valence-corrected chi connectivity index (χ1v) is 7.41. The van der Waals surface area contributed by atoms with Gasteiger partial charge in [0.05, 0.1) is 5.54 Å². The van der Waals surface area contributed by atoms with Crippen LogP contribution in [-0.2, 0) is 5.54 Å². The first kappa shape index (κ1) is 12.9. The molecule has 2 unspecified atom stereocenters. The smallest absolute Gasteiger partial charge is 0.0510 e. The summed E-state index contributed by atoms with van der Waals surface area (Å²) >= 11 is 2.05. The van der Waals surface area contributed by atoms with Crippen LogP contribution in [0, 0.1) is 0 Å². The summed E-state index contributed by atoms with van der Waals surface area (Å²) < 4.78 is 0. The minimum absolute atomic E-state index is 0.252. The molecule has 1 heterocycles. The third-order valence-corrected chi connectivity index (χ3v) is 4.66. The van der Waals surface area contributed by atoms with Crippen molar-refractivity contribution in [2.45, 2.75) is 25.4 Å². The van der Waals surface area contributed by atoms with Crippen molar-refractivity contribution in [3.63, 3.8) is 0 Å². The van der Waals surface area contributed by atoms with Crippen LogP contribution in [0.5, 0.6) is 0 Å². The van der Waals surface area contributed by atoms with Crippen molar-refractivity contribution in [1.29, 1.82) is 0 Å². The number of benzene rings is 1. The third-order valence-electron chi connectivity index (χ3n) is 3.47. The molecule has 0 aliphatic carbocycles. The topological polar surface area (TPSA) is 29.3 Å². The van der Waals surface area contributed by atoms with E-state index < -0.39 is 0 Å². The van der Waals surface area contributed by atoms with Crippen molar-refractivity contribution >= 4 is 11.8 Å². The lowest BCUT2D eigenvalue weighted by molar-refractivity contribution is 0.185. The minimum Gasteiger partial charge on any atom is -0.321 e. The second kappa shape index (κ2) is 5.42. The van der Waals surface area contributed by atoms with E-state index in [-0.39, 0.29) is 5.54 Å². The van der Waals surface area contributed by atoms with E-state index in [2.05, 4.69) is 43.0 Å². The molecule has 0 radical (unpaired) electrons. The van der Waals surface area contributed by atoms with Gasteiger partial charge in [-0.3, -0.25) is 4.90 Å². The van der Waals surface area contributed by atoms with Crippen LogP contribution in [0.25, 0.3) is 0 Å². The van der Waals surface area contributed by atoms with Crippen molar-refractivity contribution in [1.82, 2.24) is 4.90 Å². The maximum absolute atomic E-state index is 6.48. The molecule has 1 saturated heterocycles. The highest BCUT2D eigenvalue weighted by Crippen LogP contribution is 2.23. The summed E-state index contributed by atoms with van der Waals surface area (Å²) in [5.74, 6) is 2.46. The zero-order valence-electron chi connectivity index (χ0n) is 10.7. The number of nitrogens with zero attached hydrogens (tertiary/aromatic N) is 1. The lowest BCUT2D eigenvalue weighted by Crippen LogP contribution is -2.51. The van der Waals surface area contributed by atoms with E-state index in [1.54, 1.807) is 0 Å². The Morgan fingerprint density at radius 3 is 2.76 bits per heavy atom. The highest BCUT2D eigenvalue weighted by molar-refractivity contribution is 7.99. The second-order valence-electron chi connectivity index (χ2n) is 5.18. The quantitative estimate of drug-likeness (QED) is 0.892. The first-order chi connectivity index (χ1) is 8.09. The molecule has 17 heavy (non-hydrogen) atoms. The van der Waals surface area contributed by atoms with E-state index in [1.165, 1.54) is 17.1 Å². The van der Waals surface area contributed by atoms with Crippen molar-refractivity contribution in [3.05, 3.63) is 35.9 Å². The molecule has 1 fully saturated rings. The molecular weight excluding hydrogens is 228 g/mol. The molecule has 2 N–H and O–H groups in total. The predicted molar refractivity (Wildman–Crippen MR) is 76.3 cm³/mol. The standard InChI is InChI=1S/C14H22N2S/c1-12-10-17-9-8-16(12)11-14(2,15)13-6-4-3-5-7-13/h3-7,12H,8-11,15H2,1-2H3. The molecule has 2 atom stereocenters. The van der Waals surface area contributed by atoms with Crippen molar-refractivity contribution in [2.24, 2.45) is 5.73 Å². The summed E-state index contributed by atoms with van der Waals surface area (Å²) in [7, 11) is 0. The van der Waals surface area contributed by atoms with Crippen LogP contribution >= 0.6 is 11.8 Å². The Bertz CT molecular complexity index is 350. The van der Waals surface area contributed by atoms with Gasteiger partial charge in [0.2, 0.25) is 0 Å². The fourth-order valence-corrected chi connectivity index (χ4v) is 3.41. The minimum atomic E-state index is -0.252. The zero-order valence-corrected chi connectivity index (χ0v) is 11.5. The Balaban J connectivity index is 2.06. The van der Waals surface area contributed by atoms with Gasteiger partial charge < -0.3 is 5.73 Å². The Hall–Kier alpha value is -0.510. The zero-order chi connectivity index (χ0) is 12.3. The molecular formula is C14H22N2S.